The van der Waals surface area contributed by atoms with Gasteiger partial charge in [-0.3, -0.25) is 0 Å². The Bertz CT molecular complexity index is 424. The first-order valence-electron chi connectivity index (χ1n) is 7.00. The van der Waals surface area contributed by atoms with Gasteiger partial charge in [0.2, 0.25) is 0 Å². The SMILES string of the molecule is CC(COC(=O)C(OO)Oc1ccccc1)CC(C)(C)C. The molecule has 0 amide bonds. The maximum atomic E-state index is 11.8. The van der Waals surface area contributed by atoms with Gasteiger partial charge in [-0.05, 0) is 29.9 Å². The van der Waals surface area contributed by atoms with Crippen LogP contribution in [0.4, 0.5) is 0 Å². The van der Waals surface area contributed by atoms with Crippen molar-refractivity contribution in [2.75, 3.05) is 6.61 Å². The zero-order valence-corrected chi connectivity index (χ0v) is 13.0. The highest BCUT2D eigenvalue weighted by Gasteiger charge is 2.25. The van der Waals surface area contributed by atoms with E-state index in [0.717, 1.165) is 6.42 Å². The zero-order chi connectivity index (χ0) is 15.9. The van der Waals surface area contributed by atoms with Crippen LogP contribution in [0.25, 0.3) is 0 Å². The molecule has 0 radical (unpaired) electrons. The first kappa shape index (κ1) is 17.5. The molecule has 0 aliphatic carbocycles. The van der Waals surface area contributed by atoms with Crippen LogP contribution < -0.4 is 4.74 Å². The maximum Gasteiger partial charge on any atom is 0.379 e. The van der Waals surface area contributed by atoms with Crippen LogP contribution in [0.1, 0.15) is 34.1 Å². The van der Waals surface area contributed by atoms with Crippen molar-refractivity contribution in [1.82, 2.24) is 0 Å². The summed E-state index contributed by atoms with van der Waals surface area (Å²) in [7, 11) is 0. The van der Waals surface area contributed by atoms with E-state index in [4.69, 9.17) is 14.7 Å². The average Bonchev–Trinajstić information content (AvgIpc) is 2.41. The molecule has 1 rings (SSSR count). The normalized spacial score (nSPS) is 14.3. The lowest BCUT2D eigenvalue weighted by Crippen LogP contribution is -2.32. The molecular weight excluding hydrogens is 272 g/mol. The molecule has 0 bridgehead atoms. The minimum Gasteiger partial charge on any atom is -0.461 e. The molecule has 5 nitrogen and oxygen atoms in total. The fraction of sp³-hybridized carbons (Fsp3) is 0.562. The molecule has 0 spiro atoms. The second kappa shape index (κ2) is 8.00. The highest BCUT2D eigenvalue weighted by atomic mass is 17.1. The van der Waals surface area contributed by atoms with E-state index in [2.05, 4.69) is 25.7 Å². The lowest BCUT2D eigenvalue weighted by Gasteiger charge is -2.23. The summed E-state index contributed by atoms with van der Waals surface area (Å²) in [4.78, 5) is 15.9. The minimum absolute atomic E-state index is 0.166. The van der Waals surface area contributed by atoms with Crippen molar-refractivity contribution in [3.63, 3.8) is 0 Å². The summed E-state index contributed by atoms with van der Waals surface area (Å²) in [6, 6.07) is 8.62. The summed E-state index contributed by atoms with van der Waals surface area (Å²) in [5.41, 5.74) is 0.166. The van der Waals surface area contributed by atoms with Gasteiger partial charge in [0, 0.05) is 0 Å². The van der Waals surface area contributed by atoms with Crippen molar-refractivity contribution < 1.29 is 24.4 Å². The highest BCUT2D eigenvalue weighted by molar-refractivity contribution is 5.73. The molecule has 2 unspecified atom stereocenters. The maximum absolute atomic E-state index is 11.8. The third kappa shape index (κ3) is 7.11. The third-order valence-corrected chi connectivity index (χ3v) is 2.75. The Morgan fingerprint density at radius 1 is 1.24 bits per heavy atom. The van der Waals surface area contributed by atoms with Gasteiger partial charge in [0.1, 0.15) is 5.75 Å². The molecule has 0 heterocycles. The van der Waals surface area contributed by atoms with Crippen molar-refractivity contribution in [3.05, 3.63) is 30.3 Å². The highest BCUT2D eigenvalue weighted by Crippen LogP contribution is 2.24. The second-order valence-corrected chi connectivity index (χ2v) is 6.37. The number of hydrogen-bond donors (Lipinski definition) is 1. The lowest BCUT2D eigenvalue weighted by molar-refractivity contribution is -0.319. The predicted octanol–water partition coefficient (Wildman–Crippen LogP) is 3.50. The van der Waals surface area contributed by atoms with Gasteiger partial charge in [-0.2, -0.15) is 4.89 Å². The van der Waals surface area contributed by atoms with Crippen molar-refractivity contribution >= 4 is 5.97 Å². The van der Waals surface area contributed by atoms with E-state index in [1.807, 2.05) is 13.0 Å². The van der Waals surface area contributed by atoms with E-state index in [9.17, 15) is 4.79 Å². The van der Waals surface area contributed by atoms with E-state index in [1.54, 1.807) is 24.3 Å². The van der Waals surface area contributed by atoms with Gasteiger partial charge >= 0.3 is 12.3 Å². The Morgan fingerprint density at radius 3 is 2.38 bits per heavy atom. The number of hydrogen-bond acceptors (Lipinski definition) is 5. The van der Waals surface area contributed by atoms with Gasteiger partial charge in [-0.1, -0.05) is 45.9 Å². The van der Waals surface area contributed by atoms with Crippen LogP contribution in [0, 0.1) is 11.3 Å². The van der Waals surface area contributed by atoms with Crippen molar-refractivity contribution in [3.8, 4) is 5.75 Å². The summed E-state index contributed by atoms with van der Waals surface area (Å²) in [6.07, 6.45) is -0.556. The van der Waals surface area contributed by atoms with E-state index in [0.29, 0.717) is 5.75 Å². The fourth-order valence-electron chi connectivity index (χ4n) is 2.13. The molecule has 0 fully saturated rings. The zero-order valence-electron chi connectivity index (χ0n) is 13.0. The molecule has 1 N–H and O–H groups in total. The quantitative estimate of drug-likeness (QED) is 0.361. The molecular formula is C16H24O5. The largest absolute Gasteiger partial charge is 0.461 e. The first-order chi connectivity index (χ1) is 9.81. The number of benzene rings is 1. The molecule has 0 aromatic heterocycles. The van der Waals surface area contributed by atoms with Gasteiger partial charge in [0.05, 0.1) is 6.61 Å². The number of carbonyl (C=O) groups excluding carboxylic acids is 1. The van der Waals surface area contributed by atoms with Gasteiger partial charge < -0.3 is 9.47 Å². The van der Waals surface area contributed by atoms with Crippen molar-refractivity contribution in [2.45, 2.75) is 40.4 Å². The molecule has 2 atom stereocenters. The average molecular weight is 296 g/mol. The van der Waals surface area contributed by atoms with Crippen molar-refractivity contribution in [1.29, 1.82) is 0 Å². The van der Waals surface area contributed by atoms with Gasteiger partial charge in [-0.25, -0.2) is 10.1 Å². The van der Waals surface area contributed by atoms with Crippen LogP contribution in [0.3, 0.4) is 0 Å². The first-order valence-corrected chi connectivity index (χ1v) is 7.00. The molecule has 118 valence electrons. The molecule has 21 heavy (non-hydrogen) atoms. The van der Waals surface area contributed by atoms with Gasteiger partial charge in [0.25, 0.3) is 0 Å². The van der Waals surface area contributed by atoms with Crippen LogP contribution in [0.2, 0.25) is 0 Å². The molecule has 0 saturated heterocycles. The Labute approximate surface area is 125 Å². The predicted molar refractivity (Wildman–Crippen MR) is 78.8 cm³/mol. The van der Waals surface area contributed by atoms with Crippen LogP contribution in [0.15, 0.2) is 30.3 Å². The Hall–Kier alpha value is -1.59. The Morgan fingerprint density at radius 2 is 1.86 bits per heavy atom. The summed E-state index contributed by atoms with van der Waals surface area (Å²) >= 11 is 0. The Kier molecular flexibility index (Phi) is 6.65. The number of ether oxygens (including phenoxy) is 2. The number of para-hydroxylation sites is 1. The summed E-state index contributed by atoms with van der Waals surface area (Å²) in [6.45, 7) is 8.65. The van der Waals surface area contributed by atoms with E-state index in [1.165, 1.54) is 0 Å². The summed E-state index contributed by atoms with van der Waals surface area (Å²) in [5.74, 6) is -0.122. The topological polar surface area (TPSA) is 65.0 Å². The van der Waals surface area contributed by atoms with Gasteiger partial charge in [-0.15, -0.1) is 0 Å². The van der Waals surface area contributed by atoms with Crippen LogP contribution in [-0.4, -0.2) is 24.1 Å². The molecule has 1 aromatic rings. The third-order valence-electron chi connectivity index (χ3n) is 2.75. The smallest absolute Gasteiger partial charge is 0.379 e. The van der Waals surface area contributed by atoms with E-state index < -0.39 is 12.3 Å². The molecule has 0 aliphatic heterocycles. The van der Waals surface area contributed by atoms with Crippen LogP contribution >= 0.6 is 0 Å². The minimum atomic E-state index is -1.48. The molecule has 0 aliphatic rings. The molecule has 5 heteroatoms. The van der Waals surface area contributed by atoms with E-state index in [-0.39, 0.29) is 17.9 Å². The number of carbonyl (C=O) groups is 1. The van der Waals surface area contributed by atoms with Crippen molar-refractivity contribution in [2.24, 2.45) is 11.3 Å². The van der Waals surface area contributed by atoms with Crippen LogP contribution in [0.5, 0.6) is 5.75 Å². The number of rotatable bonds is 7. The Balaban J connectivity index is 2.45. The van der Waals surface area contributed by atoms with Gasteiger partial charge in [0.15, 0.2) is 0 Å². The standard InChI is InChI=1S/C16H24O5/c1-12(10-16(2,3)4)11-19-14(17)15(21-18)20-13-8-6-5-7-9-13/h5-9,12,15,18H,10-11H2,1-4H3. The molecule has 0 saturated carbocycles. The summed E-state index contributed by atoms with van der Waals surface area (Å²) < 4.78 is 10.3. The fourth-order valence-corrected chi connectivity index (χ4v) is 2.13. The molecule has 1 aromatic carbocycles. The monoisotopic (exact) mass is 296 g/mol. The summed E-state index contributed by atoms with van der Waals surface area (Å²) in [5, 5.41) is 8.78. The number of esters is 1. The van der Waals surface area contributed by atoms with E-state index >= 15 is 0 Å². The lowest BCUT2D eigenvalue weighted by atomic mass is 9.86. The second-order valence-electron chi connectivity index (χ2n) is 6.37. The van der Waals surface area contributed by atoms with Crippen LogP contribution in [-0.2, 0) is 14.4 Å².